The molecule has 25 heavy (non-hydrogen) atoms. The minimum absolute atomic E-state index is 0.269. The summed E-state index contributed by atoms with van der Waals surface area (Å²) in [4.78, 5) is 31.8. The Bertz CT molecular complexity index is 717. The molecule has 2 N–H and O–H groups in total. The maximum Gasteiger partial charge on any atom is 0.337 e. The Morgan fingerprint density at radius 1 is 1.12 bits per heavy atom. The molecule has 1 aromatic carbocycles. The third-order valence-corrected chi connectivity index (χ3v) is 3.55. The fraction of sp³-hybridized carbons (Fsp3) is 0.333. The van der Waals surface area contributed by atoms with Gasteiger partial charge in [0.25, 0.3) is 5.91 Å². The SMILES string of the molecule is CCCCCNc1cc(C(=O)Nc2ccc(C(=O)OC)cc2)ncn1. The molecule has 0 saturated carbocycles. The van der Waals surface area contributed by atoms with Crippen molar-refractivity contribution in [2.24, 2.45) is 0 Å². The molecule has 0 bridgehead atoms. The molecule has 7 nitrogen and oxygen atoms in total. The van der Waals surface area contributed by atoms with E-state index >= 15 is 0 Å². The fourth-order valence-corrected chi connectivity index (χ4v) is 2.17. The summed E-state index contributed by atoms with van der Waals surface area (Å²) in [6, 6.07) is 8.05. The molecule has 0 saturated heterocycles. The minimum Gasteiger partial charge on any atom is -0.465 e. The molecule has 0 radical (unpaired) electrons. The van der Waals surface area contributed by atoms with Crippen LogP contribution in [0.1, 0.15) is 47.0 Å². The van der Waals surface area contributed by atoms with E-state index in [1.165, 1.54) is 13.4 Å². The molecule has 1 heterocycles. The number of unbranched alkanes of at least 4 members (excludes halogenated alkanes) is 2. The molecule has 1 aromatic heterocycles. The molecule has 0 aliphatic carbocycles. The lowest BCUT2D eigenvalue weighted by Gasteiger charge is -2.08. The van der Waals surface area contributed by atoms with Crippen molar-refractivity contribution in [3.8, 4) is 0 Å². The maximum absolute atomic E-state index is 12.3. The number of anilines is 2. The second kappa shape index (κ2) is 9.36. The van der Waals surface area contributed by atoms with Crippen LogP contribution in [0.3, 0.4) is 0 Å². The van der Waals surface area contributed by atoms with Crippen LogP contribution in [-0.4, -0.2) is 35.5 Å². The molecule has 0 spiro atoms. The zero-order chi connectivity index (χ0) is 18.1. The van der Waals surface area contributed by atoms with Crippen LogP contribution >= 0.6 is 0 Å². The van der Waals surface area contributed by atoms with Crippen LogP contribution in [0.15, 0.2) is 36.7 Å². The van der Waals surface area contributed by atoms with Crippen molar-refractivity contribution < 1.29 is 14.3 Å². The van der Waals surface area contributed by atoms with Crippen molar-refractivity contribution in [3.05, 3.63) is 47.9 Å². The number of rotatable bonds is 8. The Hall–Kier alpha value is -2.96. The Labute approximate surface area is 146 Å². The van der Waals surface area contributed by atoms with E-state index in [2.05, 4.69) is 32.3 Å². The molecule has 1 amide bonds. The zero-order valence-corrected chi connectivity index (χ0v) is 14.4. The van der Waals surface area contributed by atoms with Gasteiger partial charge in [0.1, 0.15) is 17.8 Å². The highest BCUT2D eigenvalue weighted by molar-refractivity contribution is 6.03. The Morgan fingerprint density at radius 2 is 1.88 bits per heavy atom. The van der Waals surface area contributed by atoms with Gasteiger partial charge in [-0.2, -0.15) is 0 Å². The molecular weight excluding hydrogens is 320 g/mol. The van der Waals surface area contributed by atoms with E-state index < -0.39 is 5.97 Å². The van der Waals surface area contributed by atoms with E-state index in [1.807, 2.05) is 0 Å². The molecule has 0 fully saturated rings. The number of benzene rings is 1. The van der Waals surface area contributed by atoms with E-state index in [1.54, 1.807) is 30.3 Å². The van der Waals surface area contributed by atoms with Crippen LogP contribution in [0.4, 0.5) is 11.5 Å². The van der Waals surface area contributed by atoms with Gasteiger partial charge in [-0.15, -0.1) is 0 Å². The van der Waals surface area contributed by atoms with E-state index in [4.69, 9.17) is 0 Å². The first-order valence-corrected chi connectivity index (χ1v) is 8.19. The smallest absolute Gasteiger partial charge is 0.337 e. The van der Waals surface area contributed by atoms with E-state index in [-0.39, 0.29) is 11.6 Å². The second-order valence-electron chi connectivity index (χ2n) is 5.45. The zero-order valence-electron chi connectivity index (χ0n) is 14.4. The highest BCUT2D eigenvalue weighted by Crippen LogP contribution is 2.12. The molecule has 2 aromatic rings. The fourth-order valence-electron chi connectivity index (χ4n) is 2.17. The maximum atomic E-state index is 12.3. The van der Waals surface area contributed by atoms with Gasteiger partial charge in [0.05, 0.1) is 12.7 Å². The van der Waals surface area contributed by atoms with Gasteiger partial charge in [-0.3, -0.25) is 4.79 Å². The molecule has 0 atom stereocenters. The molecule has 0 aliphatic rings. The molecule has 132 valence electrons. The summed E-state index contributed by atoms with van der Waals surface area (Å²) in [5.74, 6) is -0.144. The summed E-state index contributed by atoms with van der Waals surface area (Å²) in [5.41, 5.74) is 1.25. The average molecular weight is 342 g/mol. The lowest BCUT2D eigenvalue weighted by molar-refractivity contribution is 0.0600. The monoisotopic (exact) mass is 342 g/mol. The van der Waals surface area contributed by atoms with Crippen LogP contribution in [0.25, 0.3) is 0 Å². The van der Waals surface area contributed by atoms with Crippen molar-refractivity contribution in [1.29, 1.82) is 0 Å². The van der Waals surface area contributed by atoms with Gasteiger partial charge < -0.3 is 15.4 Å². The number of nitrogens with one attached hydrogen (secondary N) is 2. The van der Waals surface area contributed by atoms with Gasteiger partial charge >= 0.3 is 5.97 Å². The third-order valence-electron chi connectivity index (χ3n) is 3.55. The van der Waals surface area contributed by atoms with Crippen molar-refractivity contribution in [2.75, 3.05) is 24.3 Å². The van der Waals surface area contributed by atoms with Crippen LogP contribution in [0.5, 0.6) is 0 Å². The van der Waals surface area contributed by atoms with Gasteiger partial charge in [-0.05, 0) is 30.7 Å². The molecule has 0 aliphatic heterocycles. The van der Waals surface area contributed by atoms with Crippen molar-refractivity contribution in [2.45, 2.75) is 26.2 Å². The lowest BCUT2D eigenvalue weighted by Crippen LogP contribution is -2.15. The Balaban J connectivity index is 1.97. The molecular formula is C18H22N4O3. The van der Waals surface area contributed by atoms with E-state index in [9.17, 15) is 9.59 Å². The van der Waals surface area contributed by atoms with Crippen LogP contribution in [-0.2, 0) is 4.74 Å². The van der Waals surface area contributed by atoms with Gasteiger partial charge in [-0.1, -0.05) is 19.8 Å². The number of esters is 1. The van der Waals surface area contributed by atoms with Crippen LogP contribution in [0, 0.1) is 0 Å². The summed E-state index contributed by atoms with van der Waals surface area (Å²) < 4.78 is 4.64. The number of hydrogen-bond acceptors (Lipinski definition) is 6. The van der Waals surface area contributed by atoms with Crippen LogP contribution < -0.4 is 10.6 Å². The predicted molar refractivity (Wildman–Crippen MR) is 95.8 cm³/mol. The quantitative estimate of drug-likeness (QED) is 0.565. The van der Waals surface area contributed by atoms with Gasteiger partial charge in [0.15, 0.2) is 0 Å². The Kier molecular flexibility index (Phi) is 6.88. The number of methoxy groups -OCH3 is 1. The highest BCUT2D eigenvalue weighted by Gasteiger charge is 2.10. The number of nitrogens with zero attached hydrogens (tertiary/aromatic N) is 2. The second-order valence-corrected chi connectivity index (χ2v) is 5.45. The van der Waals surface area contributed by atoms with Gasteiger partial charge in [0, 0.05) is 18.3 Å². The molecule has 7 heteroatoms. The lowest BCUT2D eigenvalue weighted by atomic mass is 10.2. The summed E-state index contributed by atoms with van der Waals surface area (Å²) in [6.45, 7) is 2.95. The van der Waals surface area contributed by atoms with Crippen molar-refractivity contribution in [1.82, 2.24) is 9.97 Å². The topological polar surface area (TPSA) is 93.2 Å². The first-order chi connectivity index (χ1) is 12.1. The number of aromatic nitrogens is 2. The van der Waals surface area contributed by atoms with Crippen molar-refractivity contribution >= 4 is 23.4 Å². The number of ether oxygens (including phenoxy) is 1. The van der Waals surface area contributed by atoms with Gasteiger partial charge in [0.2, 0.25) is 0 Å². The molecule has 2 rings (SSSR count). The summed E-state index contributed by atoms with van der Waals surface area (Å²) in [5, 5.41) is 5.92. The third kappa shape index (κ3) is 5.56. The summed E-state index contributed by atoms with van der Waals surface area (Å²) >= 11 is 0. The normalized spacial score (nSPS) is 10.2. The number of amides is 1. The Morgan fingerprint density at radius 3 is 2.56 bits per heavy atom. The van der Waals surface area contributed by atoms with E-state index in [0.29, 0.717) is 17.1 Å². The van der Waals surface area contributed by atoms with Crippen LogP contribution in [0.2, 0.25) is 0 Å². The van der Waals surface area contributed by atoms with Gasteiger partial charge in [-0.25, -0.2) is 14.8 Å². The average Bonchev–Trinajstić information content (AvgIpc) is 2.65. The first-order valence-electron chi connectivity index (χ1n) is 8.19. The largest absolute Gasteiger partial charge is 0.465 e. The highest BCUT2D eigenvalue weighted by atomic mass is 16.5. The standard InChI is InChI=1S/C18H22N4O3/c1-3-4-5-10-19-16-11-15(20-12-21-16)17(23)22-14-8-6-13(7-9-14)18(24)25-2/h6-9,11-12H,3-5,10H2,1-2H3,(H,22,23)(H,19,20,21). The van der Waals surface area contributed by atoms with Crippen molar-refractivity contribution in [3.63, 3.8) is 0 Å². The number of carbonyl (C=O) groups is 2. The summed E-state index contributed by atoms with van der Waals surface area (Å²) in [7, 11) is 1.32. The predicted octanol–water partition coefficient (Wildman–Crippen LogP) is 3.12. The van der Waals surface area contributed by atoms with E-state index in [0.717, 1.165) is 25.8 Å². The molecule has 0 unspecified atom stereocenters. The minimum atomic E-state index is -0.424. The number of carbonyl (C=O) groups excluding carboxylic acids is 2. The first kappa shape index (κ1) is 18.4. The number of hydrogen-bond donors (Lipinski definition) is 2. The summed E-state index contributed by atoms with van der Waals surface area (Å²) in [6.07, 6.45) is 4.70.